The molecule has 1 aromatic carbocycles. The molecule has 0 radical (unpaired) electrons. The predicted molar refractivity (Wildman–Crippen MR) is 87.2 cm³/mol. The van der Waals surface area contributed by atoms with Crippen molar-refractivity contribution in [3.63, 3.8) is 0 Å². The van der Waals surface area contributed by atoms with Gasteiger partial charge in [0.15, 0.2) is 0 Å². The normalized spacial score (nSPS) is 16.0. The van der Waals surface area contributed by atoms with Gasteiger partial charge in [0, 0.05) is 20.3 Å². The number of methoxy groups -OCH3 is 1. The number of hydrogen-bond acceptors (Lipinski definition) is 4. The van der Waals surface area contributed by atoms with E-state index in [4.69, 9.17) is 14.6 Å². The van der Waals surface area contributed by atoms with Crippen molar-refractivity contribution in [3.8, 4) is 5.75 Å². The number of rotatable bonds is 7. The van der Waals surface area contributed by atoms with Gasteiger partial charge in [0.1, 0.15) is 17.9 Å². The van der Waals surface area contributed by atoms with Gasteiger partial charge < -0.3 is 14.6 Å². The molecule has 0 spiro atoms. The van der Waals surface area contributed by atoms with Crippen molar-refractivity contribution >= 4 is 18.4 Å². The summed E-state index contributed by atoms with van der Waals surface area (Å²) in [5, 5.41) is 9.09. The van der Waals surface area contributed by atoms with E-state index in [2.05, 4.69) is 4.90 Å². The highest BCUT2D eigenvalue weighted by Gasteiger charge is 2.19. The van der Waals surface area contributed by atoms with E-state index in [0.29, 0.717) is 18.3 Å². The first-order chi connectivity index (χ1) is 10.2. The van der Waals surface area contributed by atoms with Gasteiger partial charge in [-0.25, -0.2) is 4.79 Å². The number of benzene rings is 1. The fraction of sp³-hybridized carbons (Fsp3) is 0.562. The SMILES string of the molecule is COCC1CCN(CCOc2ccccc2C(=O)O)CC1.Cl. The molecule has 22 heavy (non-hydrogen) atoms. The molecule has 0 saturated carbocycles. The zero-order valence-electron chi connectivity index (χ0n) is 12.9. The van der Waals surface area contributed by atoms with Crippen LogP contribution < -0.4 is 4.74 Å². The molecule has 6 heteroatoms. The Morgan fingerprint density at radius 3 is 2.64 bits per heavy atom. The van der Waals surface area contributed by atoms with Gasteiger partial charge in [-0.3, -0.25) is 4.90 Å². The average Bonchev–Trinajstić information content (AvgIpc) is 2.50. The van der Waals surface area contributed by atoms with Gasteiger partial charge in [-0.2, -0.15) is 0 Å². The molecule has 1 N–H and O–H groups in total. The maximum atomic E-state index is 11.1. The van der Waals surface area contributed by atoms with Gasteiger partial charge in [-0.15, -0.1) is 12.4 Å². The van der Waals surface area contributed by atoms with Crippen LogP contribution in [0, 0.1) is 5.92 Å². The number of carbonyl (C=O) groups is 1. The lowest BCUT2D eigenvalue weighted by molar-refractivity contribution is 0.0690. The lowest BCUT2D eigenvalue weighted by Crippen LogP contribution is -2.37. The number of piperidine rings is 1. The topological polar surface area (TPSA) is 59.0 Å². The van der Waals surface area contributed by atoms with E-state index in [0.717, 1.165) is 39.1 Å². The molecule has 0 atom stereocenters. The minimum atomic E-state index is -0.953. The molecule has 0 unspecified atom stereocenters. The summed E-state index contributed by atoms with van der Waals surface area (Å²) in [7, 11) is 1.75. The Bertz CT molecular complexity index is 461. The Morgan fingerprint density at radius 1 is 1.32 bits per heavy atom. The Kier molecular flexibility index (Phi) is 8.24. The molecule has 0 aliphatic carbocycles. The summed E-state index contributed by atoms with van der Waals surface area (Å²) < 4.78 is 10.8. The second kappa shape index (κ2) is 9.66. The van der Waals surface area contributed by atoms with Gasteiger partial charge in [0.2, 0.25) is 0 Å². The maximum absolute atomic E-state index is 11.1. The number of likely N-dealkylation sites (tertiary alicyclic amines) is 1. The molecule has 0 bridgehead atoms. The van der Waals surface area contributed by atoms with Crippen molar-refractivity contribution < 1.29 is 19.4 Å². The number of ether oxygens (including phenoxy) is 2. The highest BCUT2D eigenvalue weighted by Crippen LogP contribution is 2.19. The van der Waals surface area contributed by atoms with Crippen LogP contribution in [0.3, 0.4) is 0 Å². The number of para-hydroxylation sites is 1. The van der Waals surface area contributed by atoms with E-state index in [9.17, 15) is 4.79 Å². The molecule has 1 heterocycles. The van der Waals surface area contributed by atoms with Crippen molar-refractivity contribution in [2.45, 2.75) is 12.8 Å². The van der Waals surface area contributed by atoms with E-state index < -0.39 is 5.97 Å². The molecule has 124 valence electrons. The highest BCUT2D eigenvalue weighted by atomic mass is 35.5. The summed E-state index contributed by atoms with van der Waals surface area (Å²) >= 11 is 0. The number of carboxylic acids is 1. The van der Waals surface area contributed by atoms with E-state index >= 15 is 0 Å². The van der Waals surface area contributed by atoms with E-state index in [1.165, 1.54) is 0 Å². The summed E-state index contributed by atoms with van der Waals surface area (Å²) in [5.41, 5.74) is 0.219. The van der Waals surface area contributed by atoms with Crippen LogP contribution in [0.15, 0.2) is 24.3 Å². The number of hydrogen-bond donors (Lipinski definition) is 1. The summed E-state index contributed by atoms with van der Waals surface area (Å²) in [6.07, 6.45) is 2.30. The molecule has 1 aliphatic heterocycles. The molecule has 0 amide bonds. The van der Waals surface area contributed by atoms with Gasteiger partial charge in [0.05, 0.1) is 0 Å². The summed E-state index contributed by atoms with van der Waals surface area (Å²) in [6.45, 7) is 4.29. The Labute approximate surface area is 137 Å². The van der Waals surface area contributed by atoms with Crippen LogP contribution in [0.5, 0.6) is 5.75 Å². The zero-order valence-corrected chi connectivity index (χ0v) is 13.7. The van der Waals surface area contributed by atoms with E-state index in [-0.39, 0.29) is 18.0 Å². The molecule has 0 aromatic heterocycles. The number of nitrogens with zero attached hydrogens (tertiary/aromatic N) is 1. The van der Waals surface area contributed by atoms with Gasteiger partial charge >= 0.3 is 5.97 Å². The van der Waals surface area contributed by atoms with Crippen LogP contribution >= 0.6 is 12.4 Å². The first-order valence-electron chi connectivity index (χ1n) is 7.37. The second-order valence-corrected chi connectivity index (χ2v) is 5.39. The lowest BCUT2D eigenvalue weighted by Gasteiger charge is -2.31. The molecular weight excluding hydrogens is 306 g/mol. The fourth-order valence-corrected chi connectivity index (χ4v) is 2.67. The van der Waals surface area contributed by atoms with Crippen LogP contribution in [-0.2, 0) is 4.74 Å². The van der Waals surface area contributed by atoms with Crippen molar-refractivity contribution in [2.24, 2.45) is 5.92 Å². The van der Waals surface area contributed by atoms with Crippen LogP contribution in [-0.4, -0.2) is 55.9 Å². The van der Waals surface area contributed by atoms with Crippen molar-refractivity contribution in [2.75, 3.05) is 40.0 Å². The zero-order chi connectivity index (χ0) is 15.1. The quantitative estimate of drug-likeness (QED) is 0.833. The minimum Gasteiger partial charge on any atom is -0.491 e. The van der Waals surface area contributed by atoms with Crippen molar-refractivity contribution in [1.82, 2.24) is 4.90 Å². The Morgan fingerprint density at radius 2 is 2.00 bits per heavy atom. The molecule has 1 aromatic rings. The fourth-order valence-electron chi connectivity index (χ4n) is 2.67. The molecule has 1 aliphatic rings. The van der Waals surface area contributed by atoms with Gasteiger partial charge in [-0.05, 0) is 44.0 Å². The second-order valence-electron chi connectivity index (χ2n) is 5.39. The Hall–Kier alpha value is -1.30. The lowest BCUT2D eigenvalue weighted by atomic mass is 9.98. The maximum Gasteiger partial charge on any atom is 0.339 e. The van der Waals surface area contributed by atoms with E-state index in [1.54, 1.807) is 31.4 Å². The van der Waals surface area contributed by atoms with Gasteiger partial charge in [-0.1, -0.05) is 12.1 Å². The van der Waals surface area contributed by atoms with Crippen LogP contribution in [0.25, 0.3) is 0 Å². The van der Waals surface area contributed by atoms with Crippen molar-refractivity contribution in [1.29, 1.82) is 0 Å². The van der Waals surface area contributed by atoms with Crippen LogP contribution in [0.1, 0.15) is 23.2 Å². The number of aromatic carboxylic acids is 1. The summed E-state index contributed by atoms with van der Waals surface area (Å²) in [5.74, 6) is 0.158. The predicted octanol–water partition coefficient (Wildman–Crippen LogP) is 2.54. The first kappa shape index (κ1) is 18.7. The molecule has 1 fully saturated rings. The van der Waals surface area contributed by atoms with Gasteiger partial charge in [0.25, 0.3) is 0 Å². The largest absolute Gasteiger partial charge is 0.491 e. The molecule has 1 saturated heterocycles. The highest BCUT2D eigenvalue weighted by molar-refractivity contribution is 5.90. The summed E-state index contributed by atoms with van der Waals surface area (Å²) in [6, 6.07) is 6.76. The van der Waals surface area contributed by atoms with Crippen LogP contribution in [0.2, 0.25) is 0 Å². The number of halogens is 1. The summed E-state index contributed by atoms with van der Waals surface area (Å²) in [4.78, 5) is 13.4. The monoisotopic (exact) mass is 329 g/mol. The molecular formula is C16H24ClNO4. The third-order valence-electron chi connectivity index (χ3n) is 3.89. The van der Waals surface area contributed by atoms with Crippen LogP contribution in [0.4, 0.5) is 0 Å². The minimum absolute atomic E-state index is 0. The molecule has 5 nitrogen and oxygen atoms in total. The number of carboxylic acid groups (broad SMARTS) is 1. The standard InChI is InChI=1S/C16H23NO4.ClH/c1-20-12-13-6-8-17(9-7-13)10-11-21-15-5-3-2-4-14(15)16(18)19;/h2-5,13H,6-12H2,1H3,(H,18,19);1H. The average molecular weight is 330 g/mol. The molecule has 2 rings (SSSR count). The smallest absolute Gasteiger partial charge is 0.339 e. The first-order valence-corrected chi connectivity index (χ1v) is 7.37. The van der Waals surface area contributed by atoms with E-state index in [1.807, 2.05) is 0 Å². The Balaban J connectivity index is 0.00000242. The third kappa shape index (κ3) is 5.48. The third-order valence-corrected chi connectivity index (χ3v) is 3.89. The van der Waals surface area contributed by atoms with Crippen molar-refractivity contribution in [3.05, 3.63) is 29.8 Å².